The van der Waals surface area contributed by atoms with E-state index in [0.29, 0.717) is 0 Å². The van der Waals surface area contributed by atoms with Crippen molar-refractivity contribution in [2.24, 2.45) is 0 Å². The predicted octanol–water partition coefficient (Wildman–Crippen LogP) is 0.129. The molecule has 0 aliphatic carbocycles. The molecule has 1 aromatic heterocycles. The van der Waals surface area contributed by atoms with Crippen LogP contribution in [0, 0.1) is 0 Å². The molecule has 0 bridgehead atoms. The summed E-state index contributed by atoms with van der Waals surface area (Å²) < 4.78 is 1.70. The summed E-state index contributed by atoms with van der Waals surface area (Å²) in [6.45, 7) is 1.61. The molecule has 1 rings (SSSR count). The van der Waals surface area contributed by atoms with Crippen molar-refractivity contribution in [3.8, 4) is 0 Å². The Hall–Kier alpha value is -0.610. The average molecular weight is 158 g/mol. The van der Waals surface area contributed by atoms with Crippen LogP contribution in [0.15, 0.2) is 16.4 Å². The van der Waals surface area contributed by atoms with E-state index in [1.54, 1.807) is 9.95 Å². The molecule has 0 fully saturated rings. The summed E-state index contributed by atoms with van der Waals surface area (Å²) in [6.07, 6.45) is 1.81. The number of rotatable bonds is 3. The second-order valence-corrected chi connectivity index (χ2v) is 2.82. The molecule has 0 atom stereocenters. The first kappa shape index (κ1) is 7.50. The van der Waals surface area contributed by atoms with Crippen molar-refractivity contribution < 1.29 is 0 Å². The van der Waals surface area contributed by atoms with Crippen molar-refractivity contribution in [3.05, 3.63) is 21.2 Å². The molecule has 0 aliphatic heterocycles. The van der Waals surface area contributed by atoms with Crippen LogP contribution in [0.2, 0.25) is 0 Å². The van der Waals surface area contributed by atoms with Gasteiger partial charge in [0.2, 0.25) is 0 Å². The van der Waals surface area contributed by atoms with E-state index in [9.17, 15) is 4.79 Å². The SMILES string of the molecule is CNCCn1ccsc1=O. The highest BCUT2D eigenvalue weighted by Gasteiger charge is 1.92. The molecule has 1 heterocycles. The average Bonchev–Trinajstić information content (AvgIpc) is 2.31. The Morgan fingerprint density at radius 3 is 3.10 bits per heavy atom. The summed E-state index contributed by atoms with van der Waals surface area (Å²) in [5, 5.41) is 4.78. The lowest BCUT2D eigenvalue weighted by molar-refractivity contribution is 0.637. The highest BCUT2D eigenvalue weighted by Crippen LogP contribution is 1.86. The first-order valence-electron chi connectivity index (χ1n) is 3.13. The van der Waals surface area contributed by atoms with Crippen molar-refractivity contribution in [1.82, 2.24) is 9.88 Å². The molecule has 0 aromatic carbocycles. The van der Waals surface area contributed by atoms with Crippen LogP contribution in [-0.2, 0) is 6.54 Å². The standard InChI is InChI=1S/C6H10N2OS/c1-7-2-3-8-4-5-10-6(8)9/h4-5,7H,2-3H2,1H3. The van der Waals surface area contributed by atoms with Gasteiger partial charge in [0.05, 0.1) is 0 Å². The molecule has 10 heavy (non-hydrogen) atoms. The minimum absolute atomic E-state index is 0.121. The predicted molar refractivity (Wildman–Crippen MR) is 42.5 cm³/mol. The van der Waals surface area contributed by atoms with Crippen LogP contribution in [-0.4, -0.2) is 18.2 Å². The third-order valence-electron chi connectivity index (χ3n) is 1.25. The zero-order valence-electron chi connectivity index (χ0n) is 5.83. The van der Waals surface area contributed by atoms with Gasteiger partial charge in [-0.15, -0.1) is 0 Å². The number of nitrogens with zero attached hydrogens (tertiary/aromatic N) is 1. The van der Waals surface area contributed by atoms with Crippen LogP contribution in [0.5, 0.6) is 0 Å². The van der Waals surface area contributed by atoms with Crippen molar-refractivity contribution in [2.75, 3.05) is 13.6 Å². The van der Waals surface area contributed by atoms with Gasteiger partial charge in [0.15, 0.2) is 0 Å². The van der Waals surface area contributed by atoms with E-state index < -0.39 is 0 Å². The van der Waals surface area contributed by atoms with Gasteiger partial charge in [-0.3, -0.25) is 4.79 Å². The van der Waals surface area contributed by atoms with Gasteiger partial charge in [0.25, 0.3) is 0 Å². The molecule has 1 N–H and O–H groups in total. The summed E-state index contributed by atoms with van der Waals surface area (Å²) in [7, 11) is 1.87. The third-order valence-corrected chi connectivity index (χ3v) is 1.94. The zero-order valence-corrected chi connectivity index (χ0v) is 6.65. The Labute approximate surface area is 63.3 Å². The topological polar surface area (TPSA) is 34.0 Å². The lowest BCUT2D eigenvalue weighted by Crippen LogP contribution is -2.20. The summed E-state index contributed by atoms with van der Waals surface area (Å²) >= 11 is 1.23. The lowest BCUT2D eigenvalue weighted by atomic mass is 10.6. The number of likely N-dealkylation sites (N-methyl/N-ethyl adjacent to an activating group) is 1. The first-order valence-corrected chi connectivity index (χ1v) is 4.01. The highest BCUT2D eigenvalue weighted by atomic mass is 32.1. The maximum Gasteiger partial charge on any atom is 0.307 e. The van der Waals surface area contributed by atoms with Gasteiger partial charge in [-0.2, -0.15) is 0 Å². The fourth-order valence-electron chi connectivity index (χ4n) is 0.689. The first-order chi connectivity index (χ1) is 4.84. The number of hydrogen-bond donors (Lipinski definition) is 1. The van der Waals surface area contributed by atoms with Crippen molar-refractivity contribution >= 4 is 11.3 Å². The van der Waals surface area contributed by atoms with E-state index in [2.05, 4.69) is 5.32 Å². The molecule has 0 spiro atoms. The summed E-state index contributed by atoms with van der Waals surface area (Å²) in [5.74, 6) is 0. The largest absolute Gasteiger partial charge is 0.318 e. The molecule has 0 amide bonds. The second-order valence-electron chi connectivity index (χ2n) is 1.97. The Kier molecular flexibility index (Phi) is 2.65. The molecule has 1 aromatic rings. The number of aromatic nitrogens is 1. The van der Waals surface area contributed by atoms with E-state index in [4.69, 9.17) is 0 Å². The quantitative estimate of drug-likeness (QED) is 0.678. The van der Waals surface area contributed by atoms with E-state index >= 15 is 0 Å². The molecule has 56 valence electrons. The Bertz CT molecular complexity index is 240. The molecule has 4 heteroatoms. The number of hydrogen-bond acceptors (Lipinski definition) is 3. The van der Waals surface area contributed by atoms with Crippen LogP contribution in [0.25, 0.3) is 0 Å². The minimum atomic E-state index is 0.121. The van der Waals surface area contributed by atoms with Gasteiger partial charge in [0, 0.05) is 24.7 Å². The van der Waals surface area contributed by atoms with Crippen molar-refractivity contribution in [1.29, 1.82) is 0 Å². The smallest absolute Gasteiger partial charge is 0.307 e. The van der Waals surface area contributed by atoms with Crippen LogP contribution in [0.4, 0.5) is 0 Å². The van der Waals surface area contributed by atoms with Gasteiger partial charge in [-0.1, -0.05) is 11.3 Å². The molecule has 3 nitrogen and oxygen atoms in total. The minimum Gasteiger partial charge on any atom is -0.318 e. The van der Waals surface area contributed by atoms with Crippen LogP contribution in [0.1, 0.15) is 0 Å². The Morgan fingerprint density at radius 1 is 1.80 bits per heavy atom. The highest BCUT2D eigenvalue weighted by molar-refractivity contribution is 7.07. The van der Waals surface area contributed by atoms with E-state index in [1.165, 1.54) is 11.3 Å². The molecule has 0 unspecified atom stereocenters. The third kappa shape index (κ3) is 1.68. The van der Waals surface area contributed by atoms with Crippen LogP contribution in [0.3, 0.4) is 0 Å². The summed E-state index contributed by atoms with van der Waals surface area (Å²) in [4.78, 5) is 11.0. The van der Waals surface area contributed by atoms with Gasteiger partial charge >= 0.3 is 4.87 Å². The molecule has 0 aliphatic rings. The summed E-state index contributed by atoms with van der Waals surface area (Å²) in [5.41, 5.74) is 0. The fourth-order valence-corrected chi connectivity index (χ4v) is 1.30. The van der Waals surface area contributed by atoms with E-state index in [1.807, 2.05) is 13.2 Å². The van der Waals surface area contributed by atoms with E-state index in [0.717, 1.165) is 13.1 Å². The Morgan fingerprint density at radius 2 is 2.60 bits per heavy atom. The Balaban J connectivity index is 2.57. The van der Waals surface area contributed by atoms with Crippen molar-refractivity contribution in [3.63, 3.8) is 0 Å². The van der Waals surface area contributed by atoms with Crippen LogP contribution >= 0.6 is 11.3 Å². The normalized spacial score (nSPS) is 10.1. The molecule has 0 saturated heterocycles. The van der Waals surface area contributed by atoms with Gasteiger partial charge in [-0.05, 0) is 7.05 Å². The van der Waals surface area contributed by atoms with E-state index in [-0.39, 0.29) is 4.87 Å². The van der Waals surface area contributed by atoms with Crippen LogP contribution < -0.4 is 10.2 Å². The molecule has 0 saturated carbocycles. The summed E-state index contributed by atoms with van der Waals surface area (Å²) in [6, 6.07) is 0. The maximum atomic E-state index is 10.9. The van der Waals surface area contributed by atoms with Crippen molar-refractivity contribution in [2.45, 2.75) is 6.54 Å². The molecular weight excluding hydrogens is 148 g/mol. The zero-order chi connectivity index (χ0) is 7.40. The maximum absolute atomic E-state index is 10.9. The van der Waals surface area contributed by atoms with Gasteiger partial charge in [-0.25, -0.2) is 0 Å². The lowest BCUT2D eigenvalue weighted by Gasteiger charge is -1.97. The number of thiazole rings is 1. The second kappa shape index (κ2) is 3.53. The van der Waals surface area contributed by atoms with Gasteiger partial charge in [0.1, 0.15) is 0 Å². The molecule has 0 radical (unpaired) electrons. The molecular formula is C6H10N2OS. The number of nitrogens with one attached hydrogen (secondary N) is 1. The van der Waals surface area contributed by atoms with Gasteiger partial charge < -0.3 is 9.88 Å². The fraction of sp³-hybridized carbons (Fsp3) is 0.500. The monoisotopic (exact) mass is 158 g/mol.